The second kappa shape index (κ2) is 5.70. The molecule has 98 valence electrons. The fourth-order valence-corrected chi connectivity index (χ4v) is 2.27. The molecular formula is C17H17BrO. The standard InChI is InChI=1S/C17H17BrO/c1-11-4-5-14(8-12(11)2)10-17(19)15-6-7-16(18)13(3)9-15/h4-9H,10H2,1-3H3. The minimum Gasteiger partial charge on any atom is -0.294 e. The molecule has 19 heavy (non-hydrogen) atoms. The van der Waals surface area contributed by atoms with E-state index in [2.05, 4.69) is 41.9 Å². The first-order valence-electron chi connectivity index (χ1n) is 6.33. The van der Waals surface area contributed by atoms with Crippen molar-refractivity contribution in [1.82, 2.24) is 0 Å². The maximum absolute atomic E-state index is 12.3. The Morgan fingerprint density at radius 3 is 2.32 bits per heavy atom. The van der Waals surface area contributed by atoms with Crippen LogP contribution in [0.5, 0.6) is 0 Å². The Morgan fingerprint density at radius 2 is 1.68 bits per heavy atom. The SMILES string of the molecule is Cc1ccc(CC(=O)c2ccc(Br)c(C)c2)cc1C. The van der Waals surface area contributed by atoms with Crippen LogP contribution >= 0.6 is 15.9 Å². The first kappa shape index (κ1) is 14.0. The molecule has 0 spiro atoms. The Balaban J connectivity index is 2.20. The summed E-state index contributed by atoms with van der Waals surface area (Å²) < 4.78 is 1.04. The van der Waals surface area contributed by atoms with Gasteiger partial charge < -0.3 is 0 Å². The van der Waals surface area contributed by atoms with Gasteiger partial charge >= 0.3 is 0 Å². The number of carbonyl (C=O) groups excluding carboxylic acids is 1. The van der Waals surface area contributed by atoms with Gasteiger partial charge in [-0.3, -0.25) is 4.79 Å². The Kier molecular flexibility index (Phi) is 4.20. The van der Waals surface area contributed by atoms with Crippen LogP contribution in [0.25, 0.3) is 0 Å². The van der Waals surface area contributed by atoms with Gasteiger partial charge in [0.2, 0.25) is 0 Å². The van der Waals surface area contributed by atoms with Crippen molar-refractivity contribution in [3.05, 3.63) is 68.7 Å². The minimum atomic E-state index is 0.166. The lowest BCUT2D eigenvalue weighted by Crippen LogP contribution is -2.04. The zero-order chi connectivity index (χ0) is 14.0. The quantitative estimate of drug-likeness (QED) is 0.743. The lowest BCUT2D eigenvalue weighted by molar-refractivity contribution is 0.0993. The molecule has 2 aromatic rings. The van der Waals surface area contributed by atoms with Crippen molar-refractivity contribution in [2.75, 3.05) is 0 Å². The zero-order valence-corrected chi connectivity index (χ0v) is 13.0. The fourth-order valence-electron chi connectivity index (χ4n) is 2.02. The van der Waals surface area contributed by atoms with Crippen molar-refractivity contribution >= 4 is 21.7 Å². The third kappa shape index (κ3) is 3.32. The lowest BCUT2D eigenvalue weighted by Gasteiger charge is -2.06. The molecule has 1 nitrogen and oxygen atoms in total. The summed E-state index contributed by atoms with van der Waals surface area (Å²) in [7, 11) is 0. The monoisotopic (exact) mass is 316 g/mol. The minimum absolute atomic E-state index is 0.166. The maximum atomic E-state index is 12.3. The average Bonchev–Trinajstić information content (AvgIpc) is 2.37. The lowest BCUT2D eigenvalue weighted by atomic mass is 9.99. The molecule has 0 aliphatic heterocycles. The number of halogens is 1. The summed E-state index contributed by atoms with van der Waals surface area (Å²) in [5, 5.41) is 0. The number of aryl methyl sites for hydroxylation is 3. The second-order valence-electron chi connectivity index (χ2n) is 4.98. The molecule has 0 saturated carbocycles. The second-order valence-corrected chi connectivity index (χ2v) is 5.84. The van der Waals surface area contributed by atoms with Crippen molar-refractivity contribution in [2.45, 2.75) is 27.2 Å². The number of hydrogen-bond donors (Lipinski definition) is 0. The Hall–Kier alpha value is -1.41. The molecule has 0 aromatic heterocycles. The van der Waals surface area contributed by atoms with E-state index >= 15 is 0 Å². The van der Waals surface area contributed by atoms with Crippen molar-refractivity contribution in [2.24, 2.45) is 0 Å². The molecule has 0 saturated heterocycles. The molecule has 0 fully saturated rings. The topological polar surface area (TPSA) is 17.1 Å². The van der Waals surface area contributed by atoms with Crippen LogP contribution in [0.15, 0.2) is 40.9 Å². The van der Waals surface area contributed by atoms with Crippen molar-refractivity contribution in [3.8, 4) is 0 Å². The first-order chi connectivity index (χ1) is 8.97. The molecule has 0 heterocycles. The van der Waals surface area contributed by atoms with E-state index in [0.717, 1.165) is 21.2 Å². The summed E-state index contributed by atoms with van der Waals surface area (Å²) >= 11 is 3.45. The molecule has 0 amide bonds. The highest BCUT2D eigenvalue weighted by atomic mass is 79.9. The van der Waals surface area contributed by atoms with Gasteiger partial charge in [0, 0.05) is 16.5 Å². The summed E-state index contributed by atoms with van der Waals surface area (Å²) in [6.07, 6.45) is 0.461. The number of benzene rings is 2. The van der Waals surface area contributed by atoms with E-state index in [-0.39, 0.29) is 5.78 Å². The van der Waals surface area contributed by atoms with E-state index in [9.17, 15) is 4.79 Å². The fraction of sp³-hybridized carbons (Fsp3) is 0.235. The summed E-state index contributed by atoms with van der Waals surface area (Å²) in [4.78, 5) is 12.3. The maximum Gasteiger partial charge on any atom is 0.167 e. The van der Waals surface area contributed by atoms with Gasteiger partial charge in [0.15, 0.2) is 5.78 Å². The molecular weight excluding hydrogens is 300 g/mol. The molecule has 0 unspecified atom stereocenters. The van der Waals surface area contributed by atoms with Crippen LogP contribution in [0.1, 0.15) is 32.6 Å². The molecule has 0 aliphatic rings. The molecule has 2 aromatic carbocycles. The summed E-state index contributed by atoms with van der Waals surface area (Å²) in [6.45, 7) is 6.16. The van der Waals surface area contributed by atoms with Gasteiger partial charge in [0.25, 0.3) is 0 Å². The average molecular weight is 317 g/mol. The van der Waals surface area contributed by atoms with Gasteiger partial charge in [0.05, 0.1) is 0 Å². The van der Waals surface area contributed by atoms with Crippen LogP contribution < -0.4 is 0 Å². The van der Waals surface area contributed by atoms with E-state index in [1.807, 2.05) is 31.2 Å². The first-order valence-corrected chi connectivity index (χ1v) is 7.12. The number of ketones is 1. The van der Waals surface area contributed by atoms with Crippen LogP contribution in [-0.4, -0.2) is 5.78 Å². The molecule has 2 heteroatoms. The van der Waals surface area contributed by atoms with Gasteiger partial charge in [-0.1, -0.05) is 40.2 Å². The van der Waals surface area contributed by atoms with E-state index in [4.69, 9.17) is 0 Å². The van der Waals surface area contributed by atoms with Crippen LogP contribution in [0, 0.1) is 20.8 Å². The van der Waals surface area contributed by atoms with Gasteiger partial charge in [-0.2, -0.15) is 0 Å². The summed E-state index contributed by atoms with van der Waals surface area (Å²) in [5.74, 6) is 0.166. The Morgan fingerprint density at radius 1 is 0.947 bits per heavy atom. The van der Waals surface area contributed by atoms with E-state index in [1.165, 1.54) is 11.1 Å². The number of Topliss-reactive ketones (excluding diaryl/α,β-unsaturated/α-hetero) is 1. The van der Waals surface area contributed by atoms with Gasteiger partial charge in [-0.05, 0) is 55.2 Å². The number of rotatable bonds is 3. The molecule has 0 radical (unpaired) electrons. The van der Waals surface area contributed by atoms with Crippen LogP contribution in [0.4, 0.5) is 0 Å². The van der Waals surface area contributed by atoms with Crippen LogP contribution in [-0.2, 0) is 6.42 Å². The summed E-state index contributed by atoms with van der Waals surface area (Å²) in [5.41, 5.74) is 5.44. The highest BCUT2D eigenvalue weighted by Gasteiger charge is 2.09. The smallest absolute Gasteiger partial charge is 0.167 e. The predicted octanol–water partition coefficient (Wildman–Crippen LogP) is 4.80. The predicted molar refractivity (Wildman–Crippen MR) is 82.8 cm³/mol. The van der Waals surface area contributed by atoms with Gasteiger partial charge in [-0.15, -0.1) is 0 Å². The van der Waals surface area contributed by atoms with Gasteiger partial charge in [0.1, 0.15) is 0 Å². The number of carbonyl (C=O) groups is 1. The molecule has 0 bridgehead atoms. The molecule has 2 rings (SSSR count). The largest absolute Gasteiger partial charge is 0.294 e. The van der Waals surface area contributed by atoms with Gasteiger partial charge in [-0.25, -0.2) is 0 Å². The molecule has 0 atom stereocenters. The van der Waals surface area contributed by atoms with Crippen LogP contribution in [0.3, 0.4) is 0 Å². The number of hydrogen-bond acceptors (Lipinski definition) is 1. The molecule has 0 N–H and O–H groups in total. The van der Waals surface area contributed by atoms with Crippen molar-refractivity contribution in [3.63, 3.8) is 0 Å². The normalized spacial score (nSPS) is 10.5. The zero-order valence-electron chi connectivity index (χ0n) is 11.5. The van der Waals surface area contributed by atoms with Crippen LogP contribution in [0.2, 0.25) is 0 Å². The summed E-state index contributed by atoms with van der Waals surface area (Å²) in [6, 6.07) is 12.0. The Bertz CT molecular complexity index is 629. The highest BCUT2D eigenvalue weighted by Crippen LogP contribution is 2.19. The van der Waals surface area contributed by atoms with E-state index in [1.54, 1.807) is 0 Å². The molecule has 0 aliphatic carbocycles. The third-order valence-corrected chi connectivity index (χ3v) is 4.31. The Labute approximate surface area is 122 Å². The third-order valence-electron chi connectivity index (χ3n) is 3.42. The van der Waals surface area contributed by atoms with Crippen molar-refractivity contribution in [1.29, 1.82) is 0 Å². The highest BCUT2D eigenvalue weighted by molar-refractivity contribution is 9.10. The van der Waals surface area contributed by atoms with E-state index < -0.39 is 0 Å². The van der Waals surface area contributed by atoms with E-state index in [0.29, 0.717) is 6.42 Å². The van der Waals surface area contributed by atoms with Crippen molar-refractivity contribution < 1.29 is 4.79 Å².